The van der Waals surface area contributed by atoms with Gasteiger partial charge in [0.25, 0.3) is 5.91 Å². The zero-order valence-corrected chi connectivity index (χ0v) is 21.2. The van der Waals surface area contributed by atoms with Gasteiger partial charge in [0, 0.05) is 29.3 Å². The van der Waals surface area contributed by atoms with Gasteiger partial charge in [-0.3, -0.25) is 14.4 Å². The largest absolute Gasteiger partial charge is 0.461 e. The first-order valence-corrected chi connectivity index (χ1v) is 12.7. The van der Waals surface area contributed by atoms with Crippen molar-refractivity contribution < 1.29 is 28.2 Å². The van der Waals surface area contributed by atoms with Gasteiger partial charge in [0.05, 0.1) is 42.4 Å². The SMILES string of the molecule is CC1(C)CC(=O)c2c3c(n(-c4cc(F)c(C(N)=O)c(N[C@H]5CC[C@H](OC(=O)CN)CC5)c4)c2C1)COC3. The van der Waals surface area contributed by atoms with E-state index < -0.39 is 17.7 Å². The minimum absolute atomic E-state index is 0.0614. The van der Waals surface area contributed by atoms with Gasteiger partial charge < -0.3 is 30.8 Å². The normalized spacial score (nSPS) is 22.3. The molecule has 2 heterocycles. The van der Waals surface area contributed by atoms with Crippen molar-refractivity contribution in [3.63, 3.8) is 0 Å². The second-order valence-electron chi connectivity index (χ2n) is 11.0. The van der Waals surface area contributed by atoms with E-state index in [9.17, 15) is 14.4 Å². The smallest absolute Gasteiger partial charge is 0.319 e. The van der Waals surface area contributed by atoms with Crippen LogP contribution in [-0.2, 0) is 33.9 Å². The van der Waals surface area contributed by atoms with Gasteiger partial charge in [0.2, 0.25) is 0 Å². The van der Waals surface area contributed by atoms with E-state index in [1.165, 1.54) is 6.07 Å². The Hall–Kier alpha value is -3.24. The van der Waals surface area contributed by atoms with Crippen molar-refractivity contribution in [3.8, 4) is 5.69 Å². The zero-order chi connectivity index (χ0) is 26.5. The first-order chi connectivity index (χ1) is 17.6. The van der Waals surface area contributed by atoms with Crippen LogP contribution in [-0.4, -0.2) is 40.9 Å². The van der Waals surface area contributed by atoms with Crippen LogP contribution in [0.3, 0.4) is 0 Å². The molecule has 2 aliphatic carbocycles. The van der Waals surface area contributed by atoms with E-state index in [-0.39, 0.29) is 35.5 Å². The molecule has 1 fully saturated rings. The van der Waals surface area contributed by atoms with Crippen LogP contribution >= 0.6 is 0 Å². The number of primary amides is 1. The Morgan fingerprint density at radius 1 is 1.16 bits per heavy atom. The molecule has 0 bridgehead atoms. The number of esters is 1. The molecule has 1 aliphatic heterocycles. The van der Waals surface area contributed by atoms with Gasteiger partial charge in [0.15, 0.2) is 5.78 Å². The molecule has 0 atom stereocenters. The minimum atomic E-state index is -0.864. The lowest BCUT2D eigenvalue weighted by Gasteiger charge is -2.31. The molecule has 0 spiro atoms. The number of carbonyl (C=O) groups is 3. The van der Waals surface area contributed by atoms with E-state index in [1.807, 2.05) is 4.57 Å². The lowest BCUT2D eigenvalue weighted by atomic mass is 9.75. The number of benzene rings is 1. The summed E-state index contributed by atoms with van der Waals surface area (Å²) in [6.07, 6.45) is 3.49. The topological polar surface area (TPSA) is 139 Å². The molecular weight excluding hydrogens is 479 g/mol. The number of anilines is 1. The number of ether oxygens (including phenoxy) is 2. The Labute approximate surface area is 214 Å². The molecule has 0 radical (unpaired) electrons. The van der Waals surface area contributed by atoms with Crippen LogP contribution in [0.1, 0.15) is 83.6 Å². The van der Waals surface area contributed by atoms with Gasteiger partial charge in [-0.25, -0.2) is 4.39 Å². The number of hydrogen-bond donors (Lipinski definition) is 3. The summed E-state index contributed by atoms with van der Waals surface area (Å²) in [5.41, 5.74) is 14.6. The fourth-order valence-corrected chi connectivity index (χ4v) is 6.00. The Balaban J connectivity index is 1.51. The van der Waals surface area contributed by atoms with Crippen LogP contribution in [0, 0.1) is 11.2 Å². The highest BCUT2D eigenvalue weighted by atomic mass is 19.1. The molecule has 0 saturated heterocycles. The summed E-state index contributed by atoms with van der Waals surface area (Å²) in [6, 6.07) is 2.97. The summed E-state index contributed by atoms with van der Waals surface area (Å²) in [5.74, 6) is -1.95. The Morgan fingerprint density at radius 2 is 1.89 bits per heavy atom. The number of fused-ring (bicyclic) bond motifs is 3. The Bertz CT molecular complexity index is 1280. The lowest BCUT2D eigenvalue weighted by Crippen LogP contribution is -2.33. The summed E-state index contributed by atoms with van der Waals surface area (Å²) in [6.45, 7) is 4.62. The summed E-state index contributed by atoms with van der Waals surface area (Å²) in [7, 11) is 0. The van der Waals surface area contributed by atoms with Gasteiger partial charge in [-0.05, 0) is 49.7 Å². The molecule has 9 nitrogen and oxygen atoms in total. The van der Waals surface area contributed by atoms with E-state index >= 15 is 4.39 Å². The average molecular weight is 513 g/mol. The van der Waals surface area contributed by atoms with Crippen molar-refractivity contribution in [1.82, 2.24) is 4.57 Å². The monoisotopic (exact) mass is 512 g/mol. The summed E-state index contributed by atoms with van der Waals surface area (Å²) >= 11 is 0. The van der Waals surface area contributed by atoms with E-state index in [0.717, 1.165) is 17.0 Å². The maximum absolute atomic E-state index is 15.4. The number of halogens is 1. The molecule has 2 aromatic rings. The maximum atomic E-state index is 15.4. The summed E-state index contributed by atoms with van der Waals surface area (Å²) in [4.78, 5) is 36.9. The molecule has 1 aromatic heterocycles. The number of Topliss-reactive ketones (excluding diaryl/α,β-unsaturated/α-hetero) is 1. The van der Waals surface area contributed by atoms with Crippen LogP contribution in [0.15, 0.2) is 12.1 Å². The van der Waals surface area contributed by atoms with Crippen molar-refractivity contribution in [2.75, 3.05) is 11.9 Å². The third kappa shape index (κ3) is 4.75. The van der Waals surface area contributed by atoms with Crippen molar-refractivity contribution in [1.29, 1.82) is 0 Å². The molecule has 5 rings (SSSR count). The molecule has 198 valence electrons. The molecule has 1 amide bonds. The average Bonchev–Trinajstić information content (AvgIpc) is 3.38. The third-order valence-corrected chi connectivity index (χ3v) is 7.61. The van der Waals surface area contributed by atoms with Crippen LogP contribution in [0.5, 0.6) is 0 Å². The highest BCUT2D eigenvalue weighted by Crippen LogP contribution is 2.43. The standard InChI is InChI=1S/C27H33FN4O5/c1-27(2)9-20-24(22(33)10-27)17-12-36-13-21(17)32(20)15-7-18(28)25(26(30)35)19(8-15)31-14-3-5-16(6-4-14)37-23(34)11-29/h7-8,14,16,31H,3-6,9-13,29H2,1-2H3,(H2,30,35)/t14-,16-. The van der Waals surface area contributed by atoms with Gasteiger partial charge in [-0.1, -0.05) is 13.8 Å². The van der Waals surface area contributed by atoms with E-state index in [4.69, 9.17) is 20.9 Å². The van der Waals surface area contributed by atoms with Crippen LogP contribution in [0.2, 0.25) is 0 Å². The fourth-order valence-electron chi connectivity index (χ4n) is 6.00. The van der Waals surface area contributed by atoms with E-state index in [1.54, 1.807) is 6.07 Å². The molecule has 1 saturated carbocycles. The third-order valence-electron chi connectivity index (χ3n) is 7.61. The zero-order valence-electron chi connectivity index (χ0n) is 21.2. The number of rotatable bonds is 6. The quantitative estimate of drug-likeness (QED) is 0.506. The number of amides is 1. The predicted molar refractivity (Wildman–Crippen MR) is 134 cm³/mol. The molecule has 5 N–H and O–H groups in total. The first-order valence-electron chi connectivity index (χ1n) is 12.7. The second kappa shape index (κ2) is 9.57. The maximum Gasteiger partial charge on any atom is 0.319 e. The van der Waals surface area contributed by atoms with E-state index in [2.05, 4.69) is 19.2 Å². The van der Waals surface area contributed by atoms with Gasteiger partial charge >= 0.3 is 5.97 Å². The second-order valence-corrected chi connectivity index (χ2v) is 11.0. The molecule has 10 heteroatoms. The van der Waals surface area contributed by atoms with Crippen molar-refractivity contribution in [2.24, 2.45) is 16.9 Å². The van der Waals surface area contributed by atoms with Crippen molar-refractivity contribution in [2.45, 2.75) is 77.7 Å². The Morgan fingerprint density at radius 3 is 2.57 bits per heavy atom. The highest BCUT2D eigenvalue weighted by molar-refractivity contribution is 6.01. The van der Waals surface area contributed by atoms with Crippen LogP contribution < -0.4 is 16.8 Å². The Kier molecular flexibility index (Phi) is 6.57. The van der Waals surface area contributed by atoms with Gasteiger partial charge in [0.1, 0.15) is 11.9 Å². The number of nitrogens with zero attached hydrogens (tertiary/aromatic N) is 1. The number of carbonyl (C=O) groups excluding carboxylic acids is 3. The van der Waals surface area contributed by atoms with Crippen LogP contribution in [0.25, 0.3) is 5.69 Å². The molecule has 1 aromatic carbocycles. The number of nitrogens with one attached hydrogen (secondary N) is 1. The first kappa shape index (κ1) is 25.4. The number of ketones is 1. The molecule has 3 aliphatic rings. The van der Waals surface area contributed by atoms with Gasteiger partial charge in [-0.15, -0.1) is 0 Å². The van der Waals surface area contributed by atoms with E-state index in [0.29, 0.717) is 68.7 Å². The van der Waals surface area contributed by atoms with Gasteiger partial charge in [-0.2, -0.15) is 0 Å². The summed E-state index contributed by atoms with van der Waals surface area (Å²) in [5, 5.41) is 3.32. The highest BCUT2D eigenvalue weighted by Gasteiger charge is 2.39. The minimum Gasteiger partial charge on any atom is -0.461 e. The molecular formula is C27H33FN4O5. The molecule has 0 unspecified atom stereocenters. The predicted octanol–water partition coefficient (Wildman–Crippen LogP) is 3.13. The summed E-state index contributed by atoms with van der Waals surface area (Å²) < 4.78 is 28.4. The number of nitrogens with two attached hydrogens (primary N) is 2. The fraction of sp³-hybridized carbons (Fsp3) is 0.519. The van der Waals surface area contributed by atoms with Crippen molar-refractivity contribution in [3.05, 3.63) is 46.0 Å². The van der Waals surface area contributed by atoms with Crippen molar-refractivity contribution >= 4 is 23.3 Å². The number of aromatic nitrogens is 1. The lowest BCUT2D eigenvalue weighted by molar-refractivity contribution is -0.148. The van der Waals surface area contributed by atoms with Crippen LogP contribution in [0.4, 0.5) is 10.1 Å². The molecule has 37 heavy (non-hydrogen) atoms. The number of hydrogen-bond acceptors (Lipinski definition) is 7.